The molecule has 0 heterocycles. The molecule has 0 aromatic heterocycles. The van der Waals surface area contributed by atoms with Gasteiger partial charge in [0.05, 0.1) is 20.8 Å². The van der Waals surface area contributed by atoms with Gasteiger partial charge in [0.1, 0.15) is 0 Å². The predicted octanol–water partition coefficient (Wildman–Crippen LogP) is 3.55. The van der Waals surface area contributed by atoms with E-state index in [2.05, 4.69) is 6.92 Å². The number of para-hydroxylation sites is 4. The van der Waals surface area contributed by atoms with Crippen molar-refractivity contribution >= 4 is 13.8 Å². The Balaban J connectivity index is 0.000000804. The highest BCUT2D eigenvalue weighted by molar-refractivity contribution is 7.50. The molecule has 0 radical (unpaired) electrons. The maximum Gasteiger partial charge on any atom is 0.649 e. The number of nitrogens with two attached hydrogens (primary N) is 1. The van der Waals surface area contributed by atoms with E-state index in [1.807, 2.05) is 0 Å². The van der Waals surface area contributed by atoms with Gasteiger partial charge in [-0.25, -0.2) is 0 Å². The first kappa shape index (κ1) is 25.3. The van der Waals surface area contributed by atoms with Crippen LogP contribution in [-0.4, -0.2) is 38.4 Å². The summed E-state index contributed by atoms with van der Waals surface area (Å²) >= 11 is 0. The first-order valence-corrected chi connectivity index (χ1v) is 10.7. The van der Waals surface area contributed by atoms with E-state index in [1.165, 1.54) is 26.4 Å². The Hall–Kier alpha value is -2.74. The second-order valence-electron chi connectivity index (χ2n) is 5.68. The fourth-order valence-corrected chi connectivity index (χ4v) is 3.22. The van der Waals surface area contributed by atoms with Crippen molar-refractivity contribution in [3.8, 4) is 23.0 Å². The van der Waals surface area contributed by atoms with Gasteiger partial charge in [-0.15, -0.1) is 0 Å². The zero-order chi connectivity index (χ0) is 22.4. The molecule has 10 heteroatoms. The molecule has 166 valence electrons. The lowest BCUT2D eigenvalue weighted by atomic mass is 10.3. The highest BCUT2D eigenvalue weighted by Crippen LogP contribution is 2.53. The number of unbranched alkanes of at least 4 members (excludes halogenated alkanes) is 1. The Morgan fingerprint density at radius 3 is 1.67 bits per heavy atom. The van der Waals surface area contributed by atoms with E-state index < -0.39 is 20.3 Å². The molecule has 0 amide bonds. The minimum atomic E-state index is -4.41. The van der Waals surface area contributed by atoms with Gasteiger partial charge >= 0.3 is 13.8 Å². The molecule has 0 atom stereocenters. The summed E-state index contributed by atoms with van der Waals surface area (Å²) in [5.41, 5.74) is 5.22. The third-order valence-corrected chi connectivity index (χ3v) is 4.72. The van der Waals surface area contributed by atoms with Gasteiger partial charge in [-0.05, 0) is 30.7 Å². The Labute approximate surface area is 176 Å². The van der Waals surface area contributed by atoms with Crippen molar-refractivity contribution in [2.75, 3.05) is 27.4 Å². The fraction of sp³-hybridized carbons (Fsp3) is 0.350. The number of rotatable bonds is 10. The summed E-state index contributed by atoms with van der Waals surface area (Å²) in [6, 6.07) is 12.8. The molecule has 0 saturated carbocycles. The Bertz CT molecular complexity index is 774. The Kier molecular flexibility index (Phi) is 11.4. The highest BCUT2D eigenvalue weighted by Gasteiger charge is 2.37. The van der Waals surface area contributed by atoms with Crippen molar-refractivity contribution < 1.29 is 37.5 Å². The third kappa shape index (κ3) is 8.32. The number of phosphoric ester groups is 1. The van der Waals surface area contributed by atoms with E-state index in [0.717, 1.165) is 12.8 Å². The van der Waals surface area contributed by atoms with Gasteiger partial charge in [0.15, 0.2) is 23.0 Å². The van der Waals surface area contributed by atoms with Crippen LogP contribution < -0.4 is 24.3 Å². The van der Waals surface area contributed by atoms with Crippen LogP contribution in [0.15, 0.2) is 48.5 Å². The largest absolute Gasteiger partial charge is 0.649 e. The van der Waals surface area contributed by atoms with E-state index in [4.69, 9.17) is 33.9 Å². The molecule has 30 heavy (non-hydrogen) atoms. The van der Waals surface area contributed by atoms with E-state index in [9.17, 15) is 9.36 Å². The monoisotopic (exact) mass is 441 g/mol. The van der Waals surface area contributed by atoms with Crippen molar-refractivity contribution in [2.45, 2.75) is 19.8 Å². The molecular formula is C20H28NO8P. The van der Waals surface area contributed by atoms with Gasteiger partial charge in [0, 0.05) is 6.61 Å². The molecule has 3 N–H and O–H groups in total. The number of methoxy groups -OCH3 is 2. The first-order valence-electron chi connectivity index (χ1n) is 9.21. The minimum absolute atomic E-state index is 0.0769. The third-order valence-electron chi connectivity index (χ3n) is 3.45. The van der Waals surface area contributed by atoms with Crippen LogP contribution in [0.5, 0.6) is 23.0 Å². The predicted molar refractivity (Wildman–Crippen MR) is 112 cm³/mol. The van der Waals surface area contributed by atoms with Gasteiger partial charge in [0.2, 0.25) is 0 Å². The second kappa shape index (κ2) is 13.5. The number of ether oxygens (including phenoxy) is 2. The molecule has 0 bridgehead atoms. The van der Waals surface area contributed by atoms with Crippen LogP contribution in [0.3, 0.4) is 0 Å². The maximum absolute atomic E-state index is 13.0. The molecule has 0 saturated heterocycles. The average molecular weight is 441 g/mol. The quantitative estimate of drug-likeness (QED) is 0.532. The van der Waals surface area contributed by atoms with Gasteiger partial charge in [-0.2, -0.15) is 4.57 Å². The molecule has 0 aliphatic rings. The highest BCUT2D eigenvalue weighted by atomic mass is 31.2. The van der Waals surface area contributed by atoms with E-state index in [-0.39, 0.29) is 23.0 Å². The summed E-state index contributed by atoms with van der Waals surface area (Å²) in [5.74, 6) is -0.223. The topological polar surface area (TPSA) is 127 Å². The smallest absolute Gasteiger partial charge is 0.493 e. The molecule has 2 rings (SSSR count). The number of aliphatic hydroxyl groups excluding tert-OH is 1. The van der Waals surface area contributed by atoms with Crippen molar-refractivity contribution in [1.29, 1.82) is 0 Å². The fourth-order valence-electron chi connectivity index (χ4n) is 2.01. The van der Waals surface area contributed by atoms with Crippen LogP contribution in [-0.2, 0) is 13.9 Å². The van der Waals surface area contributed by atoms with Crippen LogP contribution in [0, 0.1) is 0 Å². The standard InChI is InChI=1S/C16H18NO7P.C4H10O/c1-20-12-7-3-5-9-14(12)22-25(19,24-16(18)11-17)23-15-10-6-4-8-13(15)21-2;1-2-3-4-5/h3-10H,11,17H2,1-2H3;5H,2-4H2,1H3. The average Bonchev–Trinajstić information content (AvgIpc) is 2.75. The van der Waals surface area contributed by atoms with E-state index >= 15 is 0 Å². The summed E-state index contributed by atoms with van der Waals surface area (Å²) in [5, 5.41) is 8.07. The summed E-state index contributed by atoms with van der Waals surface area (Å²) < 4.78 is 38.8. The van der Waals surface area contributed by atoms with E-state index in [1.54, 1.807) is 36.4 Å². The minimum Gasteiger partial charge on any atom is -0.493 e. The molecule has 2 aromatic carbocycles. The second-order valence-corrected chi connectivity index (χ2v) is 7.12. The van der Waals surface area contributed by atoms with Crippen LogP contribution in [0.25, 0.3) is 0 Å². The number of hydrogen-bond acceptors (Lipinski definition) is 9. The molecule has 0 spiro atoms. The number of phosphoric acid groups is 1. The molecule has 9 nitrogen and oxygen atoms in total. The lowest BCUT2D eigenvalue weighted by Gasteiger charge is -2.20. The van der Waals surface area contributed by atoms with Crippen LogP contribution in [0.2, 0.25) is 0 Å². The van der Waals surface area contributed by atoms with Crippen LogP contribution in [0.4, 0.5) is 0 Å². The van der Waals surface area contributed by atoms with Gasteiger partial charge < -0.3 is 33.9 Å². The normalized spacial score (nSPS) is 10.3. The molecule has 2 aromatic rings. The van der Waals surface area contributed by atoms with Crippen molar-refractivity contribution in [3.05, 3.63) is 48.5 Å². The Morgan fingerprint density at radius 2 is 1.37 bits per heavy atom. The Morgan fingerprint density at radius 1 is 0.933 bits per heavy atom. The number of aliphatic hydroxyl groups is 1. The van der Waals surface area contributed by atoms with Crippen molar-refractivity contribution in [3.63, 3.8) is 0 Å². The number of carbonyl (C=O) groups is 1. The zero-order valence-corrected chi connectivity index (χ0v) is 18.2. The summed E-state index contributed by atoms with van der Waals surface area (Å²) in [4.78, 5) is 11.6. The van der Waals surface area contributed by atoms with Crippen LogP contribution in [0.1, 0.15) is 19.8 Å². The number of hydrogen-bond donors (Lipinski definition) is 2. The summed E-state index contributed by atoms with van der Waals surface area (Å²) in [7, 11) is -1.57. The van der Waals surface area contributed by atoms with E-state index in [0.29, 0.717) is 6.61 Å². The molecular weight excluding hydrogens is 413 g/mol. The van der Waals surface area contributed by atoms with Gasteiger partial charge in [-0.1, -0.05) is 37.6 Å². The van der Waals surface area contributed by atoms with Gasteiger partial charge in [-0.3, -0.25) is 4.79 Å². The van der Waals surface area contributed by atoms with Crippen molar-refractivity contribution in [1.82, 2.24) is 0 Å². The lowest BCUT2D eigenvalue weighted by Crippen LogP contribution is -2.18. The van der Waals surface area contributed by atoms with Crippen molar-refractivity contribution in [2.24, 2.45) is 5.73 Å². The number of benzene rings is 2. The molecule has 0 unspecified atom stereocenters. The maximum atomic E-state index is 13.0. The number of carbonyl (C=O) groups excluding carboxylic acids is 1. The summed E-state index contributed by atoms with van der Waals surface area (Å²) in [6.45, 7) is 1.90. The summed E-state index contributed by atoms with van der Waals surface area (Å²) in [6.07, 6.45) is 2.04. The first-order chi connectivity index (χ1) is 14.4. The van der Waals surface area contributed by atoms with Crippen LogP contribution >= 0.6 is 7.82 Å². The lowest BCUT2D eigenvalue weighted by molar-refractivity contribution is -0.133. The van der Waals surface area contributed by atoms with Gasteiger partial charge in [0.25, 0.3) is 0 Å². The molecule has 0 aliphatic heterocycles. The SMILES string of the molecule is CCCCO.COc1ccccc1OP(=O)(OC(=O)CN)Oc1ccccc1OC. The molecule has 0 aliphatic carbocycles. The molecule has 0 fully saturated rings. The zero-order valence-electron chi connectivity index (χ0n) is 17.3.